The minimum atomic E-state index is 0.595. The fourth-order valence-electron chi connectivity index (χ4n) is 1.54. The molecule has 0 fully saturated rings. The molecule has 1 unspecified atom stereocenters. The molecule has 0 saturated carbocycles. The van der Waals surface area contributed by atoms with E-state index in [0.717, 1.165) is 6.54 Å². The number of hydrogen-bond acceptors (Lipinski definition) is 4. The van der Waals surface area contributed by atoms with Crippen LogP contribution in [0.1, 0.15) is 10.1 Å². The molecule has 0 aromatic carbocycles. The van der Waals surface area contributed by atoms with Crippen molar-refractivity contribution in [2.45, 2.75) is 10.1 Å². The molecule has 1 aliphatic rings. The normalized spacial score (nSPS) is 20.1. The zero-order valence-corrected chi connectivity index (χ0v) is 9.85. The Kier molecular flexibility index (Phi) is 2.27. The first-order valence-corrected chi connectivity index (χ1v) is 7.14. The van der Waals surface area contributed by atoms with E-state index in [1.807, 2.05) is 23.1 Å². The van der Waals surface area contributed by atoms with Gasteiger partial charge in [-0.2, -0.15) is 0 Å². The van der Waals surface area contributed by atoms with E-state index < -0.39 is 0 Å². The van der Waals surface area contributed by atoms with Crippen molar-refractivity contribution in [2.75, 3.05) is 11.9 Å². The van der Waals surface area contributed by atoms with Crippen LogP contribution in [0.25, 0.3) is 0 Å². The Labute approximate surface area is 95.2 Å². The third-order valence-electron chi connectivity index (χ3n) is 2.23. The zero-order valence-electron chi connectivity index (χ0n) is 7.40. The van der Waals surface area contributed by atoms with Crippen molar-refractivity contribution in [2.24, 2.45) is 0 Å². The molecule has 1 aliphatic heterocycles. The number of nitrogens with one attached hydrogen (secondary N) is 1. The SMILES string of the molecule is c1csc(C2CNc3cscc3S2)c1. The lowest BCUT2D eigenvalue weighted by molar-refractivity contribution is 0.990. The van der Waals surface area contributed by atoms with Crippen molar-refractivity contribution in [1.82, 2.24) is 0 Å². The van der Waals surface area contributed by atoms with E-state index in [-0.39, 0.29) is 0 Å². The molecule has 3 rings (SSSR count). The van der Waals surface area contributed by atoms with Crippen LogP contribution < -0.4 is 5.32 Å². The van der Waals surface area contributed by atoms with Gasteiger partial charge in [-0.1, -0.05) is 6.07 Å². The largest absolute Gasteiger partial charge is 0.382 e. The van der Waals surface area contributed by atoms with Crippen molar-refractivity contribution < 1.29 is 0 Å². The molecule has 3 heterocycles. The van der Waals surface area contributed by atoms with Gasteiger partial charge in [-0.15, -0.1) is 34.4 Å². The highest BCUT2D eigenvalue weighted by atomic mass is 32.2. The van der Waals surface area contributed by atoms with Gasteiger partial charge >= 0.3 is 0 Å². The second-order valence-electron chi connectivity index (χ2n) is 3.15. The number of hydrogen-bond donors (Lipinski definition) is 1. The summed E-state index contributed by atoms with van der Waals surface area (Å²) in [5, 5.41) is 10.6. The first-order valence-electron chi connectivity index (χ1n) is 4.43. The number of rotatable bonds is 1. The molecular weight excluding hydrogens is 230 g/mol. The van der Waals surface area contributed by atoms with Crippen LogP contribution in [0.4, 0.5) is 5.69 Å². The highest BCUT2D eigenvalue weighted by molar-refractivity contribution is 8.00. The summed E-state index contributed by atoms with van der Waals surface area (Å²) >= 11 is 5.60. The summed E-state index contributed by atoms with van der Waals surface area (Å²) in [5.41, 5.74) is 1.31. The van der Waals surface area contributed by atoms with E-state index >= 15 is 0 Å². The molecule has 0 radical (unpaired) electrons. The molecular formula is C10H9NS3. The predicted molar refractivity (Wildman–Crippen MR) is 65.7 cm³/mol. The van der Waals surface area contributed by atoms with Crippen molar-refractivity contribution in [3.63, 3.8) is 0 Å². The predicted octanol–water partition coefficient (Wildman–Crippen LogP) is 4.07. The molecule has 0 spiro atoms. The van der Waals surface area contributed by atoms with Crippen molar-refractivity contribution in [3.8, 4) is 0 Å². The van der Waals surface area contributed by atoms with Gasteiger partial charge in [0.2, 0.25) is 0 Å². The molecule has 0 saturated heterocycles. The molecule has 2 aromatic rings. The van der Waals surface area contributed by atoms with Crippen LogP contribution in [-0.4, -0.2) is 6.54 Å². The van der Waals surface area contributed by atoms with Gasteiger partial charge in [0.05, 0.1) is 10.9 Å². The monoisotopic (exact) mass is 239 g/mol. The summed E-state index contributed by atoms with van der Waals surface area (Å²) < 4.78 is 0. The van der Waals surface area contributed by atoms with Crippen molar-refractivity contribution in [3.05, 3.63) is 33.2 Å². The van der Waals surface area contributed by atoms with Gasteiger partial charge < -0.3 is 5.32 Å². The number of anilines is 1. The Morgan fingerprint density at radius 2 is 2.36 bits per heavy atom. The first-order chi connectivity index (χ1) is 6.93. The van der Waals surface area contributed by atoms with E-state index in [1.54, 1.807) is 11.3 Å². The fraction of sp³-hybridized carbons (Fsp3) is 0.200. The zero-order chi connectivity index (χ0) is 9.38. The second kappa shape index (κ2) is 3.61. The third kappa shape index (κ3) is 1.47. The number of thiophene rings is 2. The van der Waals surface area contributed by atoms with Crippen LogP contribution in [0.5, 0.6) is 0 Å². The van der Waals surface area contributed by atoms with E-state index in [2.05, 4.69) is 33.6 Å². The summed E-state index contributed by atoms with van der Waals surface area (Å²) in [6.07, 6.45) is 0. The second-order valence-corrected chi connectivity index (χ2v) is 6.12. The average molecular weight is 239 g/mol. The standard InChI is InChI=1S/C10H9NS3/c1-2-8(13-3-1)9-4-11-7-5-12-6-10(7)14-9/h1-3,5-6,9,11H,4H2. The molecule has 0 bridgehead atoms. The Morgan fingerprint density at radius 3 is 3.21 bits per heavy atom. The smallest absolute Gasteiger partial charge is 0.0611 e. The lowest BCUT2D eigenvalue weighted by atomic mass is 10.3. The van der Waals surface area contributed by atoms with Crippen LogP contribution in [0.2, 0.25) is 0 Å². The maximum atomic E-state index is 3.48. The number of thioether (sulfide) groups is 1. The fourth-order valence-corrected chi connectivity index (χ4v) is 4.61. The van der Waals surface area contributed by atoms with Crippen LogP contribution in [-0.2, 0) is 0 Å². The molecule has 0 amide bonds. The number of fused-ring (bicyclic) bond motifs is 1. The van der Waals surface area contributed by atoms with Crippen molar-refractivity contribution in [1.29, 1.82) is 0 Å². The van der Waals surface area contributed by atoms with Crippen LogP contribution in [0, 0.1) is 0 Å². The molecule has 1 nitrogen and oxygen atoms in total. The average Bonchev–Trinajstić information content (AvgIpc) is 2.88. The van der Waals surface area contributed by atoms with Gasteiger partial charge in [0.15, 0.2) is 0 Å². The maximum Gasteiger partial charge on any atom is 0.0611 e. The van der Waals surface area contributed by atoms with E-state index in [0.29, 0.717) is 5.25 Å². The van der Waals surface area contributed by atoms with Gasteiger partial charge in [-0.25, -0.2) is 0 Å². The highest BCUT2D eigenvalue weighted by Crippen LogP contribution is 2.45. The topological polar surface area (TPSA) is 12.0 Å². The summed E-state index contributed by atoms with van der Waals surface area (Å²) in [6.45, 7) is 1.05. The van der Waals surface area contributed by atoms with E-state index in [1.165, 1.54) is 15.5 Å². The first kappa shape index (κ1) is 8.83. The lowest BCUT2D eigenvalue weighted by Gasteiger charge is -2.22. The van der Waals surface area contributed by atoms with Crippen molar-refractivity contribution >= 4 is 40.1 Å². The molecule has 2 aromatic heterocycles. The Bertz CT molecular complexity index is 418. The summed E-state index contributed by atoms with van der Waals surface area (Å²) in [7, 11) is 0. The quantitative estimate of drug-likeness (QED) is 0.805. The summed E-state index contributed by atoms with van der Waals surface area (Å²) in [6, 6.07) is 4.35. The Hall–Kier alpha value is -0.450. The van der Waals surface area contributed by atoms with Gasteiger partial charge in [0, 0.05) is 27.1 Å². The molecule has 4 heteroatoms. The molecule has 1 N–H and O–H groups in total. The molecule has 14 heavy (non-hydrogen) atoms. The van der Waals surface area contributed by atoms with E-state index in [4.69, 9.17) is 0 Å². The van der Waals surface area contributed by atoms with Crippen LogP contribution in [0.15, 0.2) is 33.2 Å². The van der Waals surface area contributed by atoms with Gasteiger partial charge in [-0.05, 0) is 11.4 Å². The van der Waals surface area contributed by atoms with Gasteiger partial charge in [-0.3, -0.25) is 0 Å². The minimum Gasteiger partial charge on any atom is -0.382 e. The Morgan fingerprint density at radius 1 is 1.36 bits per heavy atom. The highest BCUT2D eigenvalue weighted by Gasteiger charge is 2.21. The molecule has 0 aliphatic carbocycles. The third-order valence-corrected chi connectivity index (χ3v) is 5.56. The molecule has 72 valence electrons. The summed E-state index contributed by atoms with van der Waals surface area (Å²) in [5.74, 6) is 0. The van der Waals surface area contributed by atoms with Gasteiger partial charge in [0.1, 0.15) is 0 Å². The maximum absolute atomic E-state index is 3.48. The minimum absolute atomic E-state index is 0.595. The Balaban J connectivity index is 1.88. The van der Waals surface area contributed by atoms with Crippen LogP contribution >= 0.6 is 34.4 Å². The lowest BCUT2D eigenvalue weighted by Crippen LogP contribution is -2.12. The summed E-state index contributed by atoms with van der Waals surface area (Å²) in [4.78, 5) is 2.87. The molecule has 1 atom stereocenters. The van der Waals surface area contributed by atoms with E-state index in [9.17, 15) is 0 Å². The van der Waals surface area contributed by atoms with Gasteiger partial charge in [0.25, 0.3) is 0 Å². The van der Waals surface area contributed by atoms with Crippen LogP contribution in [0.3, 0.4) is 0 Å².